The summed E-state index contributed by atoms with van der Waals surface area (Å²) >= 11 is 3.54. The lowest BCUT2D eigenvalue weighted by atomic mass is 10.0. The van der Waals surface area contributed by atoms with Crippen LogP contribution in [0.3, 0.4) is 0 Å². The van der Waals surface area contributed by atoms with Crippen LogP contribution in [0.1, 0.15) is 23.6 Å². The first-order chi connectivity index (χ1) is 6.16. The second-order valence-corrected chi connectivity index (χ2v) is 3.90. The largest absolute Gasteiger partial charge is 0.324 e. The monoisotopic (exact) mass is 239 g/mol. The van der Waals surface area contributed by atoms with Crippen LogP contribution in [0.15, 0.2) is 35.3 Å². The molecular formula is C11H14BrN. The van der Waals surface area contributed by atoms with Crippen LogP contribution in [-0.2, 0) is 0 Å². The molecule has 0 aliphatic carbocycles. The van der Waals surface area contributed by atoms with Crippen LogP contribution in [0.25, 0.3) is 0 Å². The van der Waals surface area contributed by atoms with Gasteiger partial charge in [0.25, 0.3) is 0 Å². The lowest BCUT2D eigenvalue weighted by molar-refractivity contribution is 0.737. The zero-order valence-corrected chi connectivity index (χ0v) is 9.34. The number of benzene rings is 1. The summed E-state index contributed by atoms with van der Waals surface area (Å²) in [5.41, 5.74) is 8.35. The zero-order chi connectivity index (χ0) is 9.84. The van der Waals surface area contributed by atoms with Crippen molar-refractivity contribution in [2.24, 2.45) is 5.73 Å². The highest BCUT2D eigenvalue weighted by molar-refractivity contribution is 9.10. The molecular weight excluding hydrogens is 226 g/mol. The Morgan fingerprint density at radius 3 is 2.92 bits per heavy atom. The number of halogens is 1. The van der Waals surface area contributed by atoms with Gasteiger partial charge in [-0.05, 0) is 24.5 Å². The van der Waals surface area contributed by atoms with Gasteiger partial charge in [0, 0.05) is 10.5 Å². The molecule has 0 saturated carbocycles. The minimum Gasteiger partial charge on any atom is -0.324 e. The highest BCUT2D eigenvalue weighted by Crippen LogP contribution is 2.26. The summed E-state index contributed by atoms with van der Waals surface area (Å²) in [5.74, 6) is 0. The minimum absolute atomic E-state index is 0.0479. The zero-order valence-electron chi connectivity index (χ0n) is 7.76. The average Bonchev–Trinajstić information content (AvgIpc) is 2.10. The van der Waals surface area contributed by atoms with Crippen LogP contribution < -0.4 is 5.73 Å². The third-order valence-corrected chi connectivity index (χ3v) is 3.12. The molecule has 0 saturated heterocycles. The number of rotatable bonds is 3. The molecule has 0 radical (unpaired) electrons. The summed E-state index contributed by atoms with van der Waals surface area (Å²) in [7, 11) is 0. The van der Waals surface area contributed by atoms with Crippen molar-refractivity contribution in [2.45, 2.75) is 19.4 Å². The van der Waals surface area contributed by atoms with Gasteiger partial charge in [0.15, 0.2) is 0 Å². The van der Waals surface area contributed by atoms with Crippen molar-refractivity contribution in [1.29, 1.82) is 0 Å². The quantitative estimate of drug-likeness (QED) is 0.805. The molecule has 0 fully saturated rings. The maximum absolute atomic E-state index is 5.97. The molecule has 1 aromatic carbocycles. The fourth-order valence-electron chi connectivity index (χ4n) is 1.26. The van der Waals surface area contributed by atoms with Crippen LogP contribution in [0.5, 0.6) is 0 Å². The lowest BCUT2D eigenvalue weighted by Gasteiger charge is -2.12. The van der Waals surface area contributed by atoms with E-state index >= 15 is 0 Å². The van der Waals surface area contributed by atoms with Gasteiger partial charge in [-0.15, -0.1) is 6.58 Å². The Balaban J connectivity index is 3.00. The van der Waals surface area contributed by atoms with E-state index in [1.54, 1.807) is 0 Å². The molecule has 0 aliphatic heterocycles. The van der Waals surface area contributed by atoms with Gasteiger partial charge in [0.05, 0.1) is 0 Å². The standard InChI is InChI=1S/C11H14BrN/c1-3-5-10(13)9-7-4-6-8(2)11(9)12/h3-4,6-7,10H,1,5,13H2,2H3/t10-/m1/s1. The Bertz CT molecular complexity index is 307. The van der Waals surface area contributed by atoms with Crippen LogP contribution in [-0.4, -0.2) is 0 Å². The Hall–Kier alpha value is -0.600. The van der Waals surface area contributed by atoms with E-state index in [0.29, 0.717) is 0 Å². The molecule has 0 heterocycles. The van der Waals surface area contributed by atoms with Gasteiger partial charge < -0.3 is 5.73 Å². The van der Waals surface area contributed by atoms with Crippen LogP contribution in [0, 0.1) is 6.92 Å². The molecule has 1 rings (SSSR count). The molecule has 1 atom stereocenters. The fourth-order valence-corrected chi connectivity index (χ4v) is 1.82. The number of hydrogen-bond donors (Lipinski definition) is 1. The number of aryl methyl sites for hydroxylation is 1. The van der Waals surface area contributed by atoms with Gasteiger partial charge in [0.2, 0.25) is 0 Å². The first-order valence-electron chi connectivity index (χ1n) is 4.28. The van der Waals surface area contributed by atoms with E-state index in [4.69, 9.17) is 5.73 Å². The Kier molecular flexibility index (Phi) is 3.70. The Morgan fingerprint density at radius 2 is 2.31 bits per heavy atom. The first kappa shape index (κ1) is 10.5. The van der Waals surface area contributed by atoms with Gasteiger partial charge in [-0.25, -0.2) is 0 Å². The molecule has 0 spiro atoms. The third kappa shape index (κ3) is 2.42. The normalized spacial score (nSPS) is 12.5. The summed E-state index contributed by atoms with van der Waals surface area (Å²) in [6.07, 6.45) is 2.65. The second-order valence-electron chi connectivity index (χ2n) is 3.11. The van der Waals surface area contributed by atoms with Gasteiger partial charge >= 0.3 is 0 Å². The summed E-state index contributed by atoms with van der Waals surface area (Å²) in [6.45, 7) is 5.75. The van der Waals surface area contributed by atoms with E-state index < -0.39 is 0 Å². The van der Waals surface area contributed by atoms with Gasteiger partial charge in [-0.1, -0.05) is 40.2 Å². The fraction of sp³-hybridized carbons (Fsp3) is 0.273. The molecule has 2 N–H and O–H groups in total. The molecule has 0 amide bonds. The summed E-state index contributed by atoms with van der Waals surface area (Å²) in [4.78, 5) is 0. The van der Waals surface area contributed by atoms with E-state index in [9.17, 15) is 0 Å². The summed E-state index contributed by atoms with van der Waals surface area (Å²) in [6, 6.07) is 6.18. The van der Waals surface area contributed by atoms with Crippen molar-refractivity contribution in [3.63, 3.8) is 0 Å². The molecule has 0 aromatic heterocycles. The van der Waals surface area contributed by atoms with Crippen molar-refractivity contribution in [1.82, 2.24) is 0 Å². The Morgan fingerprint density at radius 1 is 1.62 bits per heavy atom. The van der Waals surface area contributed by atoms with Gasteiger partial charge in [-0.3, -0.25) is 0 Å². The highest BCUT2D eigenvalue weighted by atomic mass is 79.9. The second kappa shape index (κ2) is 4.58. The van der Waals surface area contributed by atoms with Crippen molar-refractivity contribution >= 4 is 15.9 Å². The molecule has 70 valence electrons. The van der Waals surface area contributed by atoms with Crippen molar-refractivity contribution in [2.75, 3.05) is 0 Å². The molecule has 1 nitrogen and oxygen atoms in total. The molecule has 13 heavy (non-hydrogen) atoms. The van der Waals surface area contributed by atoms with E-state index in [0.717, 1.165) is 16.5 Å². The van der Waals surface area contributed by atoms with E-state index in [1.807, 2.05) is 18.2 Å². The van der Waals surface area contributed by atoms with E-state index in [-0.39, 0.29) is 6.04 Å². The topological polar surface area (TPSA) is 26.0 Å². The van der Waals surface area contributed by atoms with Crippen molar-refractivity contribution in [3.8, 4) is 0 Å². The lowest BCUT2D eigenvalue weighted by Crippen LogP contribution is -2.09. The molecule has 1 aromatic rings. The molecule has 0 unspecified atom stereocenters. The third-order valence-electron chi connectivity index (χ3n) is 2.04. The maximum Gasteiger partial charge on any atom is 0.0341 e. The van der Waals surface area contributed by atoms with E-state index in [2.05, 4.69) is 35.5 Å². The first-order valence-corrected chi connectivity index (χ1v) is 5.07. The predicted octanol–water partition coefficient (Wildman–Crippen LogP) is 3.33. The average molecular weight is 240 g/mol. The van der Waals surface area contributed by atoms with Crippen molar-refractivity contribution in [3.05, 3.63) is 46.5 Å². The minimum atomic E-state index is 0.0479. The maximum atomic E-state index is 5.97. The molecule has 0 bridgehead atoms. The number of nitrogens with two attached hydrogens (primary N) is 1. The van der Waals surface area contributed by atoms with Crippen LogP contribution in [0.2, 0.25) is 0 Å². The molecule has 0 aliphatic rings. The predicted molar refractivity (Wildman–Crippen MR) is 60.6 cm³/mol. The van der Waals surface area contributed by atoms with Crippen LogP contribution in [0.4, 0.5) is 0 Å². The highest BCUT2D eigenvalue weighted by Gasteiger charge is 2.08. The van der Waals surface area contributed by atoms with E-state index in [1.165, 1.54) is 5.56 Å². The van der Waals surface area contributed by atoms with Gasteiger partial charge in [-0.2, -0.15) is 0 Å². The SMILES string of the molecule is C=CC[C@@H](N)c1cccc(C)c1Br. The smallest absolute Gasteiger partial charge is 0.0341 e. The summed E-state index contributed by atoms with van der Waals surface area (Å²) in [5, 5.41) is 0. The summed E-state index contributed by atoms with van der Waals surface area (Å²) < 4.78 is 1.12. The molecule has 2 heteroatoms. The van der Waals surface area contributed by atoms with Gasteiger partial charge in [0.1, 0.15) is 0 Å². The Labute approximate surface area is 87.8 Å². The van der Waals surface area contributed by atoms with Crippen molar-refractivity contribution < 1.29 is 0 Å². The number of hydrogen-bond acceptors (Lipinski definition) is 1. The van der Waals surface area contributed by atoms with Crippen LogP contribution >= 0.6 is 15.9 Å².